The number of hydrogen-bond acceptors (Lipinski definition) is 6. The van der Waals surface area contributed by atoms with Crippen molar-refractivity contribution in [3.63, 3.8) is 0 Å². The van der Waals surface area contributed by atoms with Crippen LogP contribution in [0.1, 0.15) is 37.0 Å². The lowest BCUT2D eigenvalue weighted by atomic mass is 10.1. The van der Waals surface area contributed by atoms with Crippen molar-refractivity contribution >= 4 is 27.8 Å². The Morgan fingerprint density at radius 1 is 1.12 bits per heavy atom. The maximum atomic E-state index is 13.2. The molecule has 0 saturated carbocycles. The summed E-state index contributed by atoms with van der Waals surface area (Å²) in [6.07, 6.45) is 2.59. The fraction of sp³-hybridized carbons (Fsp3) is 0.360. The van der Waals surface area contributed by atoms with Crippen molar-refractivity contribution in [1.82, 2.24) is 4.90 Å². The molecular weight excluding hydrogens is 442 g/mol. The van der Waals surface area contributed by atoms with E-state index in [4.69, 9.17) is 4.74 Å². The highest BCUT2D eigenvalue weighted by atomic mass is 32.2. The Balaban J connectivity index is 1.70. The molecule has 1 unspecified atom stereocenters. The second-order valence-electron chi connectivity index (χ2n) is 8.59. The van der Waals surface area contributed by atoms with Crippen LogP contribution >= 0.6 is 0 Å². The van der Waals surface area contributed by atoms with Crippen molar-refractivity contribution in [3.05, 3.63) is 77.4 Å². The van der Waals surface area contributed by atoms with Crippen molar-refractivity contribution in [2.24, 2.45) is 0 Å². The average molecular weight is 472 g/mol. The molecule has 2 aromatic carbocycles. The third kappa shape index (κ3) is 6.09. The maximum Gasteiger partial charge on any atom is 0.331 e. The van der Waals surface area contributed by atoms with Crippen LogP contribution in [0, 0.1) is 0 Å². The molecule has 33 heavy (non-hydrogen) atoms. The molecule has 0 radical (unpaired) electrons. The Morgan fingerprint density at radius 2 is 1.79 bits per heavy atom. The molecule has 1 atom stereocenters. The molecule has 176 valence electrons. The zero-order valence-corrected chi connectivity index (χ0v) is 19.6. The van der Waals surface area contributed by atoms with Gasteiger partial charge in [-0.05, 0) is 43.0 Å². The van der Waals surface area contributed by atoms with Crippen LogP contribution in [0.15, 0.2) is 60.7 Å². The Hall–Kier alpha value is -2.97. The Labute approximate surface area is 194 Å². The highest BCUT2D eigenvalue weighted by Gasteiger charge is 2.45. The predicted octanol–water partition coefficient (Wildman–Crippen LogP) is 2.73. The minimum Gasteiger partial charge on any atom is -0.458 e. The second-order valence-corrected chi connectivity index (χ2v) is 11.1. The number of esters is 1. The number of sulfone groups is 1. The summed E-state index contributed by atoms with van der Waals surface area (Å²) in [4.78, 5) is 26.4. The van der Waals surface area contributed by atoms with Gasteiger partial charge in [-0.25, -0.2) is 13.2 Å². The van der Waals surface area contributed by atoms with E-state index in [9.17, 15) is 23.1 Å². The monoisotopic (exact) mass is 471 g/mol. The summed E-state index contributed by atoms with van der Waals surface area (Å²) in [7, 11) is -3.90. The van der Waals surface area contributed by atoms with Crippen LogP contribution in [0.3, 0.4) is 0 Å². The maximum absolute atomic E-state index is 13.2. The first-order valence-corrected chi connectivity index (χ1v) is 12.4. The average Bonchev–Trinajstić information content (AvgIpc) is 3.23. The van der Waals surface area contributed by atoms with Gasteiger partial charge in [-0.3, -0.25) is 4.79 Å². The molecule has 0 aliphatic carbocycles. The Morgan fingerprint density at radius 3 is 2.45 bits per heavy atom. The molecule has 1 heterocycles. The van der Waals surface area contributed by atoms with E-state index in [0.717, 1.165) is 5.56 Å². The van der Waals surface area contributed by atoms with Gasteiger partial charge in [0, 0.05) is 19.2 Å². The van der Waals surface area contributed by atoms with Gasteiger partial charge in [0.2, 0.25) is 5.91 Å². The minimum atomic E-state index is -3.90. The minimum absolute atomic E-state index is 0.140. The topological polar surface area (TPSA) is 101 Å². The van der Waals surface area contributed by atoms with Crippen molar-refractivity contribution in [2.45, 2.75) is 43.5 Å². The molecule has 0 spiro atoms. The van der Waals surface area contributed by atoms with Crippen molar-refractivity contribution < 1.29 is 27.9 Å². The number of benzene rings is 2. The van der Waals surface area contributed by atoms with Crippen molar-refractivity contribution in [1.29, 1.82) is 0 Å². The molecule has 1 aliphatic rings. The van der Waals surface area contributed by atoms with Crippen LogP contribution in [0.2, 0.25) is 0 Å². The molecule has 7 nitrogen and oxygen atoms in total. The number of carbonyl (C=O) groups is 2. The van der Waals surface area contributed by atoms with E-state index in [1.54, 1.807) is 24.3 Å². The number of β-amino-alcohol motifs (C(OH)–C–C–N with tert-alkyl or cyclic N) is 1. The van der Waals surface area contributed by atoms with E-state index in [1.165, 1.54) is 30.9 Å². The first-order chi connectivity index (χ1) is 15.6. The van der Waals surface area contributed by atoms with Crippen molar-refractivity contribution in [3.8, 4) is 0 Å². The quantitative estimate of drug-likeness (QED) is 0.469. The lowest BCUT2D eigenvalue weighted by Gasteiger charge is -2.29. The van der Waals surface area contributed by atoms with Gasteiger partial charge in [0.25, 0.3) is 0 Å². The number of aliphatic hydroxyl groups is 1. The fourth-order valence-corrected chi connectivity index (χ4v) is 5.02. The third-order valence-electron chi connectivity index (χ3n) is 5.77. The largest absolute Gasteiger partial charge is 0.458 e. The summed E-state index contributed by atoms with van der Waals surface area (Å²) >= 11 is 0. The van der Waals surface area contributed by atoms with Gasteiger partial charge in [0.1, 0.15) is 11.4 Å². The van der Waals surface area contributed by atoms with Gasteiger partial charge in [0.05, 0.1) is 11.9 Å². The van der Waals surface area contributed by atoms with Crippen LogP contribution in [0.4, 0.5) is 0 Å². The fourth-order valence-electron chi connectivity index (χ4n) is 3.59. The highest BCUT2D eigenvalue weighted by molar-refractivity contribution is 7.92. The lowest BCUT2D eigenvalue weighted by molar-refractivity contribution is -0.139. The summed E-state index contributed by atoms with van der Waals surface area (Å²) in [5.74, 6) is -1.42. The lowest BCUT2D eigenvalue weighted by Crippen LogP contribution is -2.50. The van der Waals surface area contributed by atoms with Gasteiger partial charge >= 0.3 is 5.97 Å². The SMILES string of the molecule is CC(C)(C(=O)N1CCC(O)C1)S(=O)(=O)Cc1ccccc1/C=C/C(=O)OCc1ccccc1. The van der Waals surface area contributed by atoms with Gasteiger partial charge in [-0.15, -0.1) is 0 Å². The van der Waals surface area contributed by atoms with E-state index in [2.05, 4.69) is 0 Å². The standard InChI is InChI=1S/C25H29NO6S/c1-25(2,24(29)26-15-14-22(27)16-26)33(30,31)18-21-11-7-6-10-20(21)12-13-23(28)32-17-19-8-4-3-5-9-19/h3-13,22,27H,14-18H2,1-2H3/b13-12+. The Bertz CT molecular complexity index is 1120. The van der Waals surface area contributed by atoms with Crippen LogP contribution in [-0.4, -0.2) is 54.2 Å². The number of carbonyl (C=O) groups excluding carboxylic acids is 2. The van der Waals surface area contributed by atoms with E-state index in [-0.39, 0.29) is 18.9 Å². The first kappa shape index (κ1) is 24.7. The van der Waals surface area contributed by atoms with E-state index in [1.807, 2.05) is 30.3 Å². The van der Waals surface area contributed by atoms with E-state index >= 15 is 0 Å². The van der Waals surface area contributed by atoms with Crippen LogP contribution in [0.5, 0.6) is 0 Å². The first-order valence-electron chi connectivity index (χ1n) is 10.8. The summed E-state index contributed by atoms with van der Waals surface area (Å²) in [5.41, 5.74) is 1.90. The summed E-state index contributed by atoms with van der Waals surface area (Å²) in [6.45, 7) is 3.41. The predicted molar refractivity (Wildman–Crippen MR) is 126 cm³/mol. The van der Waals surface area contributed by atoms with Gasteiger partial charge in [-0.2, -0.15) is 0 Å². The molecule has 1 aliphatic heterocycles. The highest BCUT2D eigenvalue weighted by Crippen LogP contribution is 2.27. The molecule has 8 heteroatoms. The molecular formula is C25H29NO6S. The molecule has 0 aromatic heterocycles. The Kier molecular flexibility index (Phi) is 7.71. The number of aliphatic hydroxyl groups excluding tert-OH is 1. The molecule has 3 rings (SSSR count). The molecule has 1 saturated heterocycles. The van der Waals surface area contributed by atoms with Gasteiger partial charge in [-0.1, -0.05) is 54.6 Å². The number of ether oxygens (including phenoxy) is 1. The van der Waals surface area contributed by atoms with Crippen molar-refractivity contribution in [2.75, 3.05) is 13.1 Å². The zero-order valence-electron chi connectivity index (χ0n) is 18.8. The molecule has 1 amide bonds. The molecule has 1 N–H and O–H groups in total. The second kappa shape index (κ2) is 10.3. The van der Waals surface area contributed by atoms with Crippen LogP contribution < -0.4 is 0 Å². The molecule has 1 fully saturated rings. The smallest absolute Gasteiger partial charge is 0.331 e. The molecule has 0 bridgehead atoms. The number of amides is 1. The van der Waals surface area contributed by atoms with Gasteiger partial charge in [0.15, 0.2) is 9.84 Å². The van der Waals surface area contributed by atoms with Crippen LogP contribution in [-0.2, 0) is 36.5 Å². The normalized spacial score (nSPS) is 16.8. The van der Waals surface area contributed by atoms with Gasteiger partial charge < -0.3 is 14.7 Å². The number of hydrogen-bond donors (Lipinski definition) is 1. The number of rotatable bonds is 8. The summed E-state index contributed by atoms with van der Waals surface area (Å²) in [6, 6.07) is 16.1. The summed E-state index contributed by atoms with van der Waals surface area (Å²) in [5, 5.41) is 9.71. The van der Waals surface area contributed by atoms with E-state index < -0.39 is 32.6 Å². The molecule has 2 aromatic rings. The van der Waals surface area contributed by atoms with Crippen LogP contribution in [0.25, 0.3) is 6.08 Å². The van der Waals surface area contributed by atoms with E-state index in [0.29, 0.717) is 24.1 Å². The zero-order chi connectivity index (χ0) is 24.1. The number of nitrogens with zero attached hydrogens (tertiary/aromatic N) is 1. The number of likely N-dealkylation sites (tertiary alicyclic amines) is 1. The third-order valence-corrected chi connectivity index (χ3v) is 8.19. The summed E-state index contributed by atoms with van der Waals surface area (Å²) < 4.78 is 30.0.